The first-order chi connectivity index (χ1) is 11.3. The fourth-order valence-corrected chi connectivity index (χ4v) is 3.13. The zero-order valence-electron chi connectivity index (χ0n) is 15.9. The van der Waals surface area contributed by atoms with E-state index in [1.165, 1.54) is 109 Å². The zero-order chi connectivity index (χ0) is 17.0. The normalized spacial score (nSPS) is 10.8. The minimum Gasteiger partial charge on any atom is -0.295 e. The Labute approximate surface area is 146 Å². The van der Waals surface area contributed by atoms with Crippen molar-refractivity contribution >= 4 is 5.78 Å². The van der Waals surface area contributed by atoms with E-state index in [-0.39, 0.29) is 5.78 Å². The summed E-state index contributed by atoms with van der Waals surface area (Å²) in [5.74, 6) is 0.200. The summed E-state index contributed by atoms with van der Waals surface area (Å²) in [7, 11) is 0. The predicted molar refractivity (Wildman–Crippen MR) is 104 cm³/mol. The molecular weight excluding hydrogens is 280 g/mol. The second kappa shape index (κ2) is 19.5. The summed E-state index contributed by atoms with van der Waals surface area (Å²) >= 11 is 0. The van der Waals surface area contributed by atoms with E-state index in [0.29, 0.717) is 6.42 Å². The van der Waals surface area contributed by atoms with E-state index < -0.39 is 0 Å². The number of carbonyl (C=O) groups is 1. The SMILES string of the molecule is C=CC(=O)CCCCCCCCCCCCCCCCCCC. The largest absolute Gasteiger partial charge is 0.295 e. The van der Waals surface area contributed by atoms with E-state index in [4.69, 9.17) is 0 Å². The Morgan fingerprint density at radius 1 is 0.609 bits per heavy atom. The van der Waals surface area contributed by atoms with Gasteiger partial charge in [0.25, 0.3) is 0 Å². The number of unbranched alkanes of at least 4 members (excludes halogenated alkanes) is 16. The molecule has 0 unspecified atom stereocenters. The van der Waals surface area contributed by atoms with Crippen molar-refractivity contribution in [2.75, 3.05) is 0 Å². The molecule has 0 aromatic rings. The average molecular weight is 323 g/mol. The van der Waals surface area contributed by atoms with E-state index in [1.807, 2.05) is 0 Å². The summed E-state index contributed by atoms with van der Waals surface area (Å²) in [6.07, 6.45) is 25.6. The van der Waals surface area contributed by atoms with Gasteiger partial charge in [0.15, 0.2) is 5.78 Å². The lowest BCUT2D eigenvalue weighted by atomic mass is 10.0. The maximum atomic E-state index is 11.1. The van der Waals surface area contributed by atoms with Gasteiger partial charge < -0.3 is 0 Å². The summed E-state index contributed by atoms with van der Waals surface area (Å²) in [6, 6.07) is 0. The molecule has 0 heterocycles. The van der Waals surface area contributed by atoms with Crippen LogP contribution in [0.1, 0.15) is 122 Å². The Morgan fingerprint density at radius 3 is 1.22 bits per heavy atom. The number of ketones is 1. The molecule has 0 atom stereocenters. The Hall–Kier alpha value is -0.590. The van der Waals surface area contributed by atoms with Gasteiger partial charge in [0, 0.05) is 6.42 Å². The van der Waals surface area contributed by atoms with Crippen molar-refractivity contribution in [3.05, 3.63) is 12.7 Å². The number of hydrogen-bond donors (Lipinski definition) is 0. The van der Waals surface area contributed by atoms with Gasteiger partial charge in [-0.3, -0.25) is 4.79 Å². The van der Waals surface area contributed by atoms with Crippen LogP contribution in [0.25, 0.3) is 0 Å². The van der Waals surface area contributed by atoms with E-state index in [2.05, 4.69) is 13.5 Å². The molecule has 0 aliphatic rings. The second-order valence-electron chi connectivity index (χ2n) is 7.08. The summed E-state index contributed by atoms with van der Waals surface area (Å²) in [5.41, 5.74) is 0. The molecule has 0 bridgehead atoms. The Kier molecular flexibility index (Phi) is 19.0. The molecule has 23 heavy (non-hydrogen) atoms. The third-order valence-corrected chi connectivity index (χ3v) is 4.75. The van der Waals surface area contributed by atoms with E-state index in [9.17, 15) is 4.79 Å². The molecule has 0 amide bonds. The van der Waals surface area contributed by atoms with Crippen molar-refractivity contribution in [3.63, 3.8) is 0 Å². The van der Waals surface area contributed by atoms with E-state index in [1.54, 1.807) is 0 Å². The third kappa shape index (κ3) is 19.4. The smallest absolute Gasteiger partial charge is 0.155 e. The minimum absolute atomic E-state index is 0.200. The molecule has 0 N–H and O–H groups in total. The van der Waals surface area contributed by atoms with Crippen LogP contribution in [0.15, 0.2) is 12.7 Å². The van der Waals surface area contributed by atoms with Crippen molar-refractivity contribution < 1.29 is 4.79 Å². The maximum absolute atomic E-state index is 11.1. The number of allylic oxidation sites excluding steroid dienone is 1. The predicted octanol–water partition coefficient (Wildman–Crippen LogP) is 7.78. The molecular formula is C22H42O. The molecule has 0 fully saturated rings. The van der Waals surface area contributed by atoms with Crippen LogP contribution >= 0.6 is 0 Å². The molecule has 0 radical (unpaired) electrons. The number of rotatable bonds is 19. The number of hydrogen-bond acceptors (Lipinski definition) is 1. The van der Waals surface area contributed by atoms with Crippen LogP contribution in [0.3, 0.4) is 0 Å². The summed E-state index contributed by atoms with van der Waals surface area (Å²) in [5, 5.41) is 0. The van der Waals surface area contributed by atoms with Gasteiger partial charge in [-0.25, -0.2) is 0 Å². The Morgan fingerprint density at radius 2 is 0.913 bits per heavy atom. The first-order valence-electron chi connectivity index (χ1n) is 10.5. The minimum atomic E-state index is 0.200. The van der Waals surface area contributed by atoms with Gasteiger partial charge in [0.2, 0.25) is 0 Å². The average Bonchev–Trinajstić information content (AvgIpc) is 2.57. The van der Waals surface area contributed by atoms with Crippen LogP contribution in [0.2, 0.25) is 0 Å². The molecule has 0 aliphatic carbocycles. The van der Waals surface area contributed by atoms with Crippen molar-refractivity contribution in [1.82, 2.24) is 0 Å². The van der Waals surface area contributed by atoms with Crippen LogP contribution in [-0.4, -0.2) is 5.78 Å². The first-order valence-corrected chi connectivity index (χ1v) is 10.5. The van der Waals surface area contributed by atoms with Crippen LogP contribution < -0.4 is 0 Å². The zero-order valence-corrected chi connectivity index (χ0v) is 15.9. The molecule has 1 heteroatoms. The van der Waals surface area contributed by atoms with Gasteiger partial charge in [0.05, 0.1) is 0 Å². The third-order valence-electron chi connectivity index (χ3n) is 4.75. The van der Waals surface area contributed by atoms with Crippen molar-refractivity contribution in [3.8, 4) is 0 Å². The van der Waals surface area contributed by atoms with E-state index >= 15 is 0 Å². The van der Waals surface area contributed by atoms with Crippen molar-refractivity contribution in [2.45, 2.75) is 122 Å². The standard InChI is InChI=1S/C22H42O/c1-3-5-6-7-8-9-10-11-12-13-14-15-16-17-18-19-20-21-22(23)4-2/h4H,2-3,5-21H2,1H3. The lowest BCUT2D eigenvalue weighted by molar-refractivity contribution is -0.114. The van der Waals surface area contributed by atoms with Crippen molar-refractivity contribution in [2.24, 2.45) is 0 Å². The lowest BCUT2D eigenvalue weighted by Crippen LogP contribution is -1.91. The van der Waals surface area contributed by atoms with Crippen LogP contribution in [-0.2, 0) is 4.79 Å². The molecule has 0 aromatic heterocycles. The monoisotopic (exact) mass is 322 g/mol. The highest BCUT2D eigenvalue weighted by molar-refractivity contribution is 5.88. The molecule has 0 saturated heterocycles. The fraction of sp³-hybridized carbons (Fsp3) is 0.864. The molecule has 136 valence electrons. The maximum Gasteiger partial charge on any atom is 0.155 e. The molecule has 1 nitrogen and oxygen atoms in total. The highest BCUT2D eigenvalue weighted by Gasteiger charge is 1.97. The number of carbonyl (C=O) groups excluding carboxylic acids is 1. The molecule has 0 rings (SSSR count). The first kappa shape index (κ1) is 22.4. The molecule has 0 saturated carbocycles. The highest BCUT2D eigenvalue weighted by atomic mass is 16.1. The second-order valence-corrected chi connectivity index (χ2v) is 7.08. The molecule has 0 aromatic carbocycles. The van der Waals surface area contributed by atoms with Gasteiger partial charge in [-0.2, -0.15) is 0 Å². The molecule has 0 spiro atoms. The Balaban J connectivity index is 3.00. The summed E-state index contributed by atoms with van der Waals surface area (Å²) in [6.45, 7) is 5.79. The van der Waals surface area contributed by atoms with Crippen LogP contribution in [0.4, 0.5) is 0 Å². The summed E-state index contributed by atoms with van der Waals surface area (Å²) < 4.78 is 0. The van der Waals surface area contributed by atoms with Crippen LogP contribution in [0.5, 0.6) is 0 Å². The molecule has 0 aliphatic heterocycles. The quantitative estimate of drug-likeness (QED) is 0.175. The topological polar surface area (TPSA) is 17.1 Å². The van der Waals surface area contributed by atoms with E-state index in [0.717, 1.165) is 6.42 Å². The Bertz CT molecular complexity index is 257. The van der Waals surface area contributed by atoms with Gasteiger partial charge in [-0.15, -0.1) is 0 Å². The van der Waals surface area contributed by atoms with Gasteiger partial charge in [-0.05, 0) is 12.5 Å². The van der Waals surface area contributed by atoms with Gasteiger partial charge in [0.1, 0.15) is 0 Å². The van der Waals surface area contributed by atoms with Crippen molar-refractivity contribution in [1.29, 1.82) is 0 Å². The summed E-state index contributed by atoms with van der Waals surface area (Å²) in [4.78, 5) is 11.1. The fourth-order valence-electron chi connectivity index (χ4n) is 3.13. The van der Waals surface area contributed by atoms with Gasteiger partial charge >= 0.3 is 0 Å². The lowest BCUT2D eigenvalue weighted by Gasteiger charge is -2.03. The highest BCUT2D eigenvalue weighted by Crippen LogP contribution is 2.14. The van der Waals surface area contributed by atoms with Gasteiger partial charge in [-0.1, -0.05) is 116 Å². The van der Waals surface area contributed by atoms with Crippen LogP contribution in [0, 0.1) is 0 Å².